The number of rotatable bonds is 6. The largest absolute Gasteiger partial charge is 0.480 e. The summed E-state index contributed by atoms with van der Waals surface area (Å²) >= 11 is 0. The molecule has 188 valence electrons. The second-order valence-corrected chi connectivity index (χ2v) is 9.04. The van der Waals surface area contributed by atoms with Crippen LogP contribution in [0.2, 0.25) is 0 Å². The molecule has 3 amide bonds. The first kappa shape index (κ1) is 28.2. The third kappa shape index (κ3) is 12.9. The molecule has 0 radical (unpaired) electrons. The molecule has 0 heterocycles. The number of hydrogen-bond acceptors (Lipinski definition) is 8. The summed E-state index contributed by atoms with van der Waals surface area (Å²) in [5, 5.41) is 16.0. The third-order valence-electron chi connectivity index (χ3n) is 3.47. The van der Waals surface area contributed by atoms with Gasteiger partial charge < -0.3 is 24.6 Å². The molecule has 0 saturated carbocycles. The zero-order valence-electron chi connectivity index (χ0n) is 20.1. The Bertz CT molecular complexity index is 856. The summed E-state index contributed by atoms with van der Waals surface area (Å²) in [6, 6.07) is 7.30. The van der Waals surface area contributed by atoms with E-state index >= 15 is 0 Å². The molecule has 1 rings (SSSR count). The average Bonchev–Trinajstić information content (AvgIpc) is 2.67. The maximum absolute atomic E-state index is 12.1. The zero-order chi connectivity index (χ0) is 25.9. The highest BCUT2D eigenvalue weighted by Gasteiger charge is 2.24. The van der Waals surface area contributed by atoms with Crippen LogP contribution in [0.25, 0.3) is 0 Å². The summed E-state index contributed by atoms with van der Waals surface area (Å²) in [7, 11) is 0. The van der Waals surface area contributed by atoms with Crippen LogP contribution < -0.4 is 16.0 Å². The van der Waals surface area contributed by atoms with E-state index in [9.17, 15) is 24.3 Å². The Kier molecular flexibility index (Phi) is 10.3. The monoisotopic (exact) mass is 480 g/mol. The number of guanidine groups is 1. The van der Waals surface area contributed by atoms with E-state index in [0.717, 1.165) is 0 Å². The number of carboxylic acid groups (broad SMARTS) is 1. The molecule has 0 aliphatic heterocycles. The Morgan fingerprint density at radius 2 is 1.38 bits per heavy atom. The summed E-state index contributed by atoms with van der Waals surface area (Å²) in [5.41, 5.74) is -0.961. The number of carboxylic acids is 1. The summed E-state index contributed by atoms with van der Waals surface area (Å²) in [6.45, 7) is 9.20. The Hall–Kier alpha value is -3.83. The first-order valence-electron chi connectivity index (χ1n) is 10.4. The van der Waals surface area contributed by atoms with Gasteiger partial charge in [0.05, 0.1) is 6.54 Å². The second kappa shape index (κ2) is 12.4. The lowest BCUT2D eigenvalue weighted by atomic mass is 10.2. The molecule has 1 atom stereocenters. The van der Waals surface area contributed by atoms with Gasteiger partial charge >= 0.3 is 24.2 Å². The lowest BCUT2D eigenvalue weighted by Crippen LogP contribution is -2.48. The first-order chi connectivity index (χ1) is 15.6. The third-order valence-corrected chi connectivity index (χ3v) is 3.47. The van der Waals surface area contributed by atoms with Crippen molar-refractivity contribution in [1.29, 1.82) is 0 Å². The highest BCUT2D eigenvalue weighted by atomic mass is 16.6. The molecule has 0 aliphatic rings. The number of carbonyl (C=O) groups is 4. The lowest BCUT2D eigenvalue weighted by molar-refractivity contribution is -0.139. The Labute approximate surface area is 198 Å². The van der Waals surface area contributed by atoms with E-state index in [2.05, 4.69) is 20.9 Å². The topological polar surface area (TPSA) is 165 Å². The molecule has 0 bridgehead atoms. The number of alkyl carbamates (subject to hydrolysis) is 3. The number of aliphatic imine (C=N–C) groups is 1. The fourth-order valence-corrected chi connectivity index (χ4v) is 2.19. The van der Waals surface area contributed by atoms with Crippen molar-refractivity contribution in [2.45, 2.75) is 65.4 Å². The molecular weight excluding hydrogens is 448 g/mol. The molecule has 0 aliphatic carbocycles. The van der Waals surface area contributed by atoms with Gasteiger partial charge in [0, 0.05) is 0 Å². The van der Waals surface area contributed by atoms with Crippen molar-refractivity contribution >= 4 is 30.2 Å². The zero-order valence-corrected chi connectivity index (χ0v) is 20.1. The molecule has 12 nitrogen and oxygen atoms in total. The molecule has 0 spiro atoms. The van der Waals surface area contributed by atoms with Crippen LogP contribution in [0.3, 0.4) is 0 Å². The van der Waals surface area contributed by atoms with E-state index in [4.69, 9.17) is 14.2 Å². The van der Waals surface area contributed by atoms with Gasteiger partial charge in [-0.1, -0.05) is 30.3 Å². The van der Waals surface area contributed by atoms with Gasteiger partial charge in [0.2, 0.25) is 5.96 Å². The van der Waals surface area contributed by atoms with Gasteiger partial charge in [-0.3, -0.25) is 10.6 Å². The fourth-order valence-electron chi connectivity index (χ4n) is 2.19. The number of nitrogens with one attached hydrogen (secondary N) is 3. The molecule has 0 unspecified atom stereocenters. The van der Waals surface area contributed by atoms with E-state index in [-0.39, 0.29) is 6.61 Å². The minimum atomic E-state index is -1.51. The Morgan fingerprint density at radius 3 is 1.82 bits per heavy atom. The van der Waals surface area contributed by atoms with Crippen LogP contribution >= 0.6 is 0 Å². The molecule has 34 heavy (non-hydrogen) atoms. The van der Waals surface area contributed by atoms with Crippen molar-refractivity contribution in [1.82, 2.24) is 16.0 Å². The maximum atomic E-state index is 12.1. The number of hydrogen-bond donors (Lipinski definition) is 4. The number of benzene rings is 1. The number of amides is 3. The molecule has 1 aromatic rings. The van der Waals surface area contributed by atoms with Crippen LogP contribution in [0.4, 0.5) is 14.4 Å². The lowest BCUT2D eigenvalue weighted by Gasteiger charge is -2.22. The number of ether oxygens (including phenoxy) is 3. The van der Waals surface area contributed by atoms with Crippen LogP contribution in [0.1, 0.15) is 47.1 Å². The van der Waals surface area contributed by atoms with Crippen LogP contribution in [0.15, 0.2) is 35.3 Å². The second-order valence-electron chi connectivity index (χ2n) is 9.04. The van der Waals surface area contributed by atoms with Gasteiger partial charge in [0.15, 0.2) is 0 Å². The van der Waals surface area contributed by atoms with E-state index in [1.54, 1.807) is 71.9 Å². The number of carbonyl (C=O) groups excluding carboxylic acids is 3. The predicted octanol–water partition coefficient (Wildman–Crippen LogP) is 2.77. The van der Waals surface area contributed by atoms with Crippen LogP contribution in [-0.4, -0.2) is 59.1 Å². The van der Waals surface area contributed by atoms with Gasteiger partial charge in [-0.2, -0.15) is 0 Å². The van der Waals surface area contributed by atoms with Gasteiger partial charge in [-0.05, 0) is 47.1 Å². The van der Waals surface area contributed by atoms with Crippen LogP contribution in [0, 0.1) is 0 Å². The molecule has 1 aromatic carbocycles. The van der Waals surface area contributed by atoms with E-state index in [1.807, 2.05) is 0 Å². The summed E-state index contributed by atoms with van der Waals surface area (Å²) in [6.07, 6.45) is -2.86. The van der Waals surface area contributed by atoms with Crippen molar-refractivity contribution in [2.24, 2.45) is 4.99 Å². The summed E-state index contributed by atoms with van der Waals surface area (Å²) in [5.74, 6) is -1.83. The van der Waals surface area contributed by atoms with E-state index in [1.165, 1.54) is 0 Å². The molecule has 0 fully saturated rings. The first-order valence-corrected chi connectivity index (χ1v) is 10.4. The molecule has 0 saturated heterocycles. The highest BCUT2D eigenvalue weighted by molar-refractivity contribution is 6.01. The van der Waals surface area contributed by atoms with Crippen LogP contribution in [0.5, 0.6) is 0 Å². The summed E-state index contributed by atoms with van der Waals surface area (Å²) < 4.78 is 15.2. The fraction of sp³-hybridized carbons (Fsp3) is 0.500. The minimum Gasteiger partial charge on any atom is -0.480 e. The van der Waals surface area contributed by atoms with E-state index < -0.39 is 54.0 Å². The van der Waals surface area contributed by atoms with Crippen molar-refractivity contribution in [3.8, 4) is 0 Å². The molecular formula is C22H32N4O8. The smallest absolute Gasteiger partial charge is 0.414 e. The van der Waals surface area contributed by atoms with Crippen molar-refractivity contribution in [3.63, 3.8) is 0 Å². The SMILES string of the molecule is CC(C)(C)OC(=O)NC(=NC[C@H](NC(=O)OCc1ccccc1)C(=O)O)NC(=O)OC(C)(C)C. The van der Waals surface area contributed by atoms with E-state index in [0.29, 0.717) is 5.56 Å². The van der Waals surface area contributed by atoms with Crippen molar-refractivity contribution in [3.05, 3.63) is 35.9 Å². The Balaban J connectivity index is 2.87. The average molecular weight is 481 g/mol. The van der Waals surface area contributed by atoms with Crippen molar-refractivity contribution in [2.75, 3.05) is 6.54 Å². The number of aliphatic carboxylic acids is 1. The van der Waals surface area contributed by atoms with Gasteiger partial charge in [-0.25, -0.2) is 24.2 Å². The Morgan fingerprint density at radius 1 is 0.882 bits per heavy atom. The predicted molar refractivity (Wildman–Crippen MR) is 122 cm³/mol. The summed E-state index contributed by atoms with van der Waals surface area (Å²) in [4.78, 5) is 51.7. The normalized spacial score (nSPS) is 11.9. The van der Waals surface area contributed by atoms with Crippen molar-refractivity contribution < 1.29 is 38.5 Å². The number of nitrogens with zero attached hydrogens (tertiary/aromatic N) is 1. The van der Waals surface area contributed by atoms with Crippen LogP contribution in [-0.2, 0) is 25.6 Å². The van der Waals surface area contributed by atoms with Gasteiger partial charge in [0.25, 0.3) is 0 Å². The molecule has 4 N–H and O–H groups in total. The van der Waals surface area contributed by atoms with Gasteiger partial charge in [0.1, 0.15) is 23.9 Å². The maximum Gasteiger partial charge on any atom is 0.414 e. The molecule has 12 heteroatoms. The minimum absolute atomic E-state index is 0.0616. The highest BCUT2D eigenvalue weighted by Crippen LogP contribution is 2.08. The standard InChI is InChI=1S/C22H32N4O8/c1-21(2,3)33-19(30)25-17(26-20(31)34-22(4,5)6)23-12-15(16(27)28)24-18(29)32-13-14-10-8-7-9-11-14/h7-11,15H,12-13H2,1-6H3,(H,24,29)(H,27,28)(H2,23,25,26,30,31)/t15-/m0/s1. The van der Waals surface area contributed by atoms with Gasteiger partial charge in [-0.15, -0.1) is 0 Å². The molecule has 0 aromatic heterocycles. The quantitative estimate of drug-likeness (QED) is 0.274.